The van der Waals surface area contributed by atoms with Gasteiger partial charge in [-0.15, -0.1) is 0 Å². The van der Waals surface area contributed by atoms with Gasteiger partial charge in [0.15, 0.2) is 0 Å². The molecular weight excluding hydrogens is 218 g/mol. The van der Waals surface area contributed by atoms with Gasteiger partial charge in [0, 0.05) is 31.2 Å². The number of hydrogen-bond acceptors (Lipinski definition) is 3. The molecule has 0 aromatic carbocycles. The highest BCUT2D eigenvalue weighted by molar-refractivity contribution is 5.76. The zero-order valence-corrected chi connectivity index (χ0v) is 10.2. The Labute approximate surface area is 102 Å². The minimum absolute atomic E-state index is 0.215. The molecule has 5 nitrogen and oxygen atoms in total. The van der Waals surface area contributed by atoms with E-state index in [1.54, 1.807) is 0 Å². The van der Waals surface area contributed by atoms with Gasteiger partial charge in [-0.05, 0) is 25.7 Å². The predicted octanol–water partition coefficient (Wildman–Crippen LogP) is 0.393. The van der Waals surface area contributed by atoms with Crippen molar-refractivity contribution in [1.82, 2.24) is 9.80 Å². The van der Waals surface area contributed by atoms with Gasteiger partial charge in [0.2, 0.25) is 0 Å². The summed E-state index contributed by atoms with van der Waals surface area (Å²) in [5, 5.41) is 0. The normalized spacial score (nSPS) is 37.4. The van der Waals surface area contributed by atoms with E-state index in [4.69, 9.17) is 10.5 Å². The Bertz CT molecular complexity index is 290. The van der Waals surface area contributed by atoms with Crippen LogP contribution in [0.1, 0.15) is 25.7 Å². The van der Waals surface area contributed by atoms with Crippen LogP contribution in [0.5, 0.6) is 0 Å². The Morgan fingerprint density at radius 2 is 1.71 bits per heavy atom. The van der Waals surface area contributed by atoms with E-state index in [1.807, 2.05) is 4.90 Å². The van der Waals surface area contributed by atoms with Crippen LogP contribution in [0.25, 0.3) is 0 Å². The lowest BCUT2D eigenvalue weighted by Crippen LogP contribution is -2.56. The number of piperidine rings is 1. The third kappa shape index (κ3) is 2.02. The monoisotopic (exact) mass is 239 g/mol. The van der Waals surface area contributed by atoms with Crippen LogP contribution in [0, 0.1) is 0 Å². The average molecular weight is 239 g/mol. The van der Waals surface area contributed by atoms with Crippen LogP contribution in [0.2, 0.25) is 0 Å². The van der Waals surface area contributed by atoms with E-state index in [-0.39, 0.29) is 6.03 Å². The molecule has 3 heterocycles. The zero-order valence-electron chi connectivity index (χ0n) is 10.2. The van der Waals surface area contributed by atoms with Gasteiger partial charge < -0.3 is 20.3 Å². The molecule has 3 aliphatic rings. The minimum atomic E-state index is 0.215. The Hall–Kier alpha value is -0.810. The summed E-state index contributed by atoms with van der Waals surface area (Å²) < 4.78 is 5.29. The lowest BCUT2D eigenvalue weighted by atomic mass is 9.98. The first-order chi connectivity index (χ1) is 8.25. The molecule has 5 heteroatoms. The Morgan fingerprint density at radius 3 is 2.29 bits per heavy atom. The topological polar surface area (TPSA) is 58.8 Å². The molecule has 2 amide bonds. The lowest BCUT2D eigenvalue weighted by molar-refractivity contribution is 0.0333. The maximum Gasteiger partial charge on any atom is 0.320 e. The van der Waals surface area contributed by atoms with Crippen molar-refractivity contribution >= 4 is 6.03 Å². The van der Waals surface area contributed by atoms with Gasteiger partial charge >= 0.3 is 6.03 Å². The van der Waals surface area contributed by atoms with E-state index in [2.05, 4.69) is 4.90 Å². The van der Waals surface area contributed by atoms with Gasteiger partial charge in [-0.1, -0.05) is 0 Å². The first-order valence-corrected chi connectivity index (χ1v) is 6.66. The van der Waals surface area contributed by atoms with Crippen molar-refractivity contribution in [3.05, 3.63) is 0 Å². The van der Waals surface area contributed by atoms with Crippen molar-refractivity contribution < 1.29 is 9.53 Å². The Kier molecular flexibility index (Phi) is 2.96. The molecule has 2 unspecified atom stereocenters. The van der Waals surface area contributed by atoms with E-state index in [9.17, 15) is 4.79 Å². The highest BCUT2D eigenvalue weighted by atomic mass is 16.5. The van der Waals surface area contributed by atoms with Crippen molar-refractivity contribution in [1.29, 1.82) is 0 Å². The van der Waals surface area contributed by atoms with Crippen molar-refractivity contribution in [3.8, 4) is 0 Å². The molecular formula is C12H21N3O2. The Balaban J connectivity index is 1.69. The van der Waals surface area contributed by atoms with Crippen LogP contribution in [-0.2, 0) is 4.74 Å². The smallest absolute Gasteiger partial charge is 0.320 e. The molecule has 3 aliphatic heterocycles. The SMILES string of the molecule is NC1CC2CCC(C1)N2C(=O)N1CCOCC1. The largest absolute Gasteiger partial charge is 0.378 e. The number of urea groups is 1. The third-order valence-electron chi connectivity index (χ3n) is 4.27. The van der Waals surface area contributed by atoms with E-state index < -0.39 is 0 Å². The molecule has 0 aromatic heterocycles. The zero-order chi connectivity index (χ0) is 11.8. The molecule has 2 bridgehead atoms. The van der Waals surface area contributed by atoms with Gasteiger partial charge in [0.25, 0.3) is 0 Å². The van der Waals surface area contributed by atoms with Crippen molar-refractivity contribution in [2.24, 2.45) is 5.73 Å². The molecule has 3 saturated heterocycles. The number of nitrogens with two attached hydrogens (primary N) is 1. The molecule has 3 fully saturated rings. The first-order valence-electron chi connectivity index (χ1n) is 6.66. The highest BCUT2D eigenvalue weighted by Gasteiger charge is 2.43. The summed E-state index contributed by atoms with van der Waals surface area (Å²) in [5.41, 5.74) is 6.02. The number of amides is 2. The van der Waals surface area contributed by atoms with E-state index in [0.717, 1.165) is 38.8 Å². The van der Waals surface area contributed by atoms with E-state index in [0.29, 0.717) is 31.3 Å². The number of nitrogens with zero attached hydrogens (tertiary/aromatic N) is 2. The van der Waals surface area contributed by atoms with Crippen LogP contribution in [0.15, 0.2) is 0 Å². The number of morpholine rings is 1. The molecule has 96 valence electrons. The fourth-order valence-electron chi connectivity index (χ4n) is 3.45. The van der Waals surface area contributed by atoms with Crippen molar-refractivity contribution in [2.75, 3.05) is 26.3 Å². The molecule has 17 heavy (non-hydrogen) atoms. The predicted molar refractivity (Wildman–Crippen MR) is 63.6 cm³/mol. The van der Waals surface area contributed by atoms with Crippen LogP contribution in [-0.4, -0.2) is 60.3 Å². The first kappa shape index (κ1) is 11.3. The summed E-state index contributed by atoms with van der Waals surface area (Å²) in [5.74, 6) is 0. The van der Waals surface area contributed by atoms with Gasteiger partial charge in [-0.2, -0.15) is 0 Å². The summed E-state index contributed by atoms with van der Waals surface area (Å²) in [6, 6.07) is 1.28. The van der Waals surface area contributed by atoms with Gasteiger partial charge in [-0.25, -0.2) is 4.79 Å². The summed E-state index contributed by atoms with van der Waals surface area (Å²) in [6.07, 6.45) is 4.22. The molecule has 2 atom stereocenters. The number of carbonyl (C=O) groups is 1. The van der Waals surface area contributed by atoms with Crippen LogP contribution < -0.4 is 5.73 Å². The molecule has 2 N–H and O–H groups in total. The fourth-order valence-corrected chi connectivity index (χ4v) is 3.45. The number of rotatable bonds is 0. The quantitative estimate of drug-likeness (QED) is 0.665. The number of carbonyl (C=O) groups excluding carboxylic acids is 1. The summed E-state index contributed by atoms with van der Waals surface area (Å²) >= 11 is 0. The maximum atomic E-state index is 12.5. The number of fused-ring (bicyclic) bond motifs is 2. The molecule has 0 saturated carbocycles. The number of hydrogen-bond donors (Lipinski definition) is 1. The molecule has 0 spiro atoms. The second kappa shape index (κ2) is 4.46. The standard InChI is InChI=1S/C12H21N3O2/c13-9-7-10-1-2-11(8-9)15(10)12(16)14-3-5-17-6-4-14/h9-11H,1-8,13H2. The van der Waals surface area contributed by atoms with Gasteiger partial charge in [-0.3, -0.25) is 0 Å². The summed E-state index contributed by atoms with van der Waals surface area (Å²) in [6.45, 7) is 2.82. The summed E-state index contributed by atoms with van der Waals surface area (Å²) in [7, 11) is 0. The van der Waals surface area contributed by atoms with Crippen LogP contribution in [0.3, 0.4) is 0 Å². The molecule has 0 radical (unpaired) electrons. The van der Waals surface area contributed by atoms with E-state index in [1.165, 1.54) is 0 Å². The fraction of sp³-hybridized carbons (Fsp3) is 0.917. The maximum absolute atomic E-state index is 12.5. The lowest BCUT2D eigenvalue weighted by Gasteiger charge is -2.41. The molecule has 0 aliphatic carbocycles. The highest BCUT2D eigenvalue weighted by Crippen LogP contribution is 2.35. The van der Waals surface area contributed by atoms with Gasteiger partial charge in [0.05, 0.1) is 13.2 Å². The van der Waals surface area contributed by atoms with Gasteiger partial charge in [0.1, 0.15) is 0 Å². The second-order valence-corrected chi connectivity index (χ2v) is 5.41. The molecule has 0 aromatic rings. The second-order valence-electron chi connectivity index (χ2n) is 5.41. The van der Waals surface area contributed by atoms with E-state index >= 15 is 0 Å². The van der Waals surface area contributed by atoms with Crippen LogP contribution >= 0.6 is 0 Å². The summed E-state index contributed by atoms with van der Waals surface area (Å²) in [4.78, 5) is 16.5. The third-order valence-corrected chi connectivity index (χ3v) is 4.27. The van der Waals surface area contributed by atoms with Crippen LogP contribution in [0.4, 0.5) is 4.79 Å². The average Bonchev–Trinajstić information content (AvgIpc) is 2.62. The molecule has 3 rings (SSSR count). The van der Waals surface area contributed by atoms with Crippen molar-refractivity contribution in [3.63, 3.8) is 0 Å². The van der Waals surface area contributed by atoms with Crippen molar-refractivity contribution in [2.45, 2.75) is 43.8 Å². The number of ether oxygens (including phenoxy) is 1. The Morgan fingerprint density at radius 1 is 1.12 bits per heavy atom. The minimum Gasteiger partial charge on any atom is -0.378 e.